The van der Waals surface area contributed by atoms with Gasteiger partial charge in [-0.25, -0.2) is 4.98 Å². The highest BCUT2D eigenvalue weighted by Crippen LogP contribution is 2.31. The Morgan fingerprint density at radius 1 is 1.22 bits per heavy atom. The van der Waals surface area contributed by atoms with Crippen molar-refractivity contribution in [3.05, 3.63) is 58.9 Å². The fraction of sp³-hybridized carbons (Fsp3) is 0.235. The number of anilines is 2. The van der Waals surface area contributed by atoms with Crippen LogP contribution in [-0.4, -0.2) is 20.7 Å². The number of carbonyl (C=O) groups excluding carboxylic acids is 1. The maximum absolute atomic E-state index is 12.6. The molecule has 0 saturated heterocycles. The summed E-state index contributed by atoms with van der Waals surface area (Å²) < 4.78 is 39.3. The third-order valence-electron chi connectivity index (χ3n) is 3.73. The molecular formula is C17H16F3N5OS. The second kappa shape index (κ2) is 7.39. The van der Waals surface area contributed by atoms with Gasteiger partial charge in [-0.3, -0.25) is 9.48 Å². The molecular weight excluding hydrogens is 379 g/mol. The molecule has 3 aromatic rings. The van der Waals surface area contributed by atoms with Crippen molar-refractivity contribution in [3.63, 3.8) is 0 Å². The first-order chi connectivity index (χ1) is 12.7. The summed E-state index contributed by atoms with van der Waals surface area (Å²) in [6.07, 6.45) is 0.346. The van der Waals surface area contributed by atoms with Gasteiger partial charge in [0.2, 0.25) is 0 Å². The number of rotatable bonds is 5. The van der Waals surface area contributed by atoms with E-state index >= 15 is 0 Å². The van der Waals surface area contributed by atoms with Crippen molar-refractivity contribution in [1.82, 2.24) is 20.1 Å². The molecule has 1 atom stereocenters. The zero-order valence-corrected chi connectivity index (χ0v) is 15.2. The molecule has 142 valence electrons. The summed E-state index contributed by atoms with van der Waals surface area (Å²) in [7, 11) is 1.72. The molecule has 0 aliphatic carbocycles. The molecule has 3 rings (SSSR count). The third kappa shape index (κ3) is 4.64. The molecule has 0 aliphatic heterocycles. The predicted octanol–water partition coefficient (Wildman–Crippen LogP) is 4.13. The number of hydrogen-bond acceptors (Lipinski definition) is 5. The Morgan fingerprint density at radius 3 is 2.52 bits per heavy atom. The van der Waals surface area contributed by atoms with E-state index in [1.807, 2.05) is 6.92 Å². The first-order valence-electron chi connectivity index (χ1n) is 7.92. The van der Waals surface area contributed by atoms with Gasteiger partial charge >= 0.3 is 6.18 Å². The fourth-order valence-corrected chi connectivity index (χ4v) is 3.14. The minimum atomic E-state index is -4.37. The topological polar surface area (TPSA) is 71.8 Å². The number of alkyl halides is 3. The van der Waals surface area contributed by atoms with Crippen molar-refractivity contribution in [3.8, 4) is 0 Å². The number of aryl methyl sites for hydroxylation is 1. The minimum Gasteiger partial charge on any atom is -0.345 e. The molecule has 0 radical (unpaired) electrons. The van der Waals surface area contributed by atoms with E-state index in [1.165, 1.54) is 29.7 Å². The lowest BCUT2D eigenvalue weighted by molar-refractivity contribution is -0.137. The molecule has 0 fully saturated rings. The predicted molar refractivity (Wildman–Crippen MR) is 95.9 cm³/mol. The van der Waals surface area contributed by atoms with Crippen LogP contribution in [0.2, 0.25) is 0 Å². The van der Waals surface area contributed by atoms with Gasteiger partial charge in [-0.1, -0.05) is 11.3 Å². The van der Waals surface area contributed by atoms with Crippen LogP contribution in [0.4, 0.5) is 24.0 Å². The van der Waals surface area contributed by atoms with Crippen LogP contribution in [0, 0.1) is 0 Å². The summed E-state index contributed by atoms with van der Waals surface area (Å²) in [5, 5.41) is 10.3. The highest BCUT2D eigenvalue weighted by atomic mass is 32.1. The maximum atomic E-state index is 12.6. The molecule has 1 unspecified atom stereocenters. The van der Waals surface area contributed by atoms with E-state index in [9.17, 15) is 18.0 Å². The Morgan fingerprint density at radius 2 is 1.93 bits per heavy atom. The average molecular weight is 395 g/mol. The first-order valence-corrected chi connectivity index (χ1v) is 8.73. The van der Waals surface area contributed by atoms with Crippen LogP contribution in [0.15, 0.2) is 42.9 Å². The first kappa shape index (κ1) is 18.9. The van der Waals surface area contributed by atoms with E-state index in [4.69, 9.17) is 0 Å². The lowest BCUT2D eigenvalue weighted by atomic mass is 10.2. The zero-order chi connectivity index (χ0) is 19.6. The van der Waals surface area contributed by atoms with Crippen LogP contribution in [0.1, 0.15) is 33.8 Å². The molecule has 6 nitrogen and oxygen atoms in total. The molecule has 27 heavy (non-hydrogen) atoms. The van der Waals surface area contributed by atoms with E-state index in [0.29, 0.717) is 16.4 Å². The number of aromatic nitrogens is 3. The highest BCUT2D eigenvalue weighted by Gasteiger charge is 2.29. The molecule has 0 spiro atoms. The van der Waals surface area contributed by atoms with Crippen molar-refractivity contribution < 1.29 is 18.0 Å². The molecule has 2 N–H and O–H groups in total. The van der Waals surface area contributed by atoms with E-state index in [-0.39, 0.29) is 11.9 Å². The molecule has 0 bridgehead atoms. The third-order valence-corrected chi connectivity index (χ3v) is 4.82. The Bertz CT molecular complexity index is 933. The smallest absolute Gasteiger partial charge is 0.345 e. The summed E-state index contributed by atoms with van der Waals surface area (Å²) in [4.78, 5) is 17.2. The Labute approximate surface area is 157 Å². The van der Waals surface area contributed by atoms with Gasteiger partial charge in [0.05, 0.1) is 23.4 Å². The molecule has 2 aromatic heterocycles. The quantitative estimate of drug-likeness (QED) is 0.681. The molecule has 2 heterocycles. The number of nitrogens with one attached hydrogen (secondary N) is 2. The lowest BCUT2D eigenvalue weighted by Gasteiger charge is -2.10. The SMILES string of the molecule is CC(NC(=O)c1cnn(C)c1)c1cnc(Nc2ccc(C(F)(F)F)cc2)s1. The van der Waals surface area contributed by atoms with Crippen molar-refractivity contribution in [1.29, 1.82) is 0 Å². The lowest BCUT2D eigenvalue weighted by Crippen LogP contribution is -2.25. The summed E-state index contributed by atoms with van der Waals surface area (Å²) in [6, 6.07) is 4.43. The monoisotopic (exact) mass is 395 g/mol. The maximum Gasteiger partial charge on any atom is 0.416 e. The molecule has 10 heteroatoms. The van der Waals surface area contributed by atoms with Crippen LogP contribution in [0.3, 0.4) is 0 Å². The number of thiazole rings is 1. The van der Waals surface area contributed by atoms with Gasteiger partial charge in [0.1, 0.15) is 0 Å². The normalized spacial score (nSPS) is 12.6. The molecule has 1 amide bonds. The largest absolute Gasteiger partial charge is 0.416 e. The number of amides is 1. The van der Waals surface area contributed by atoms with Gasteiger partial charge < -0.3 is 10.6 Å². The van der Waals surface area contributed by atoms with Gasteiger partial charge in [0, 0.05) is 30.0 Å². The Balaban J connectivity index is 1.63. The van der Waals surface area contributed by atoms with Crippen molar-refractivity contribution in [2.24, 2.45) is 7.05 Å². The summed E-state index contributed by atoms with van der Waals surface area (Å²) in [5.74, 6) is -0.249. The van der Waals surface area contributed by atoms with E-state index < -0.39 is 11.7 Å². The van der Waals surface area contributed by atoms with E-state index in [0.717, 1.165) is 17.0 Å². The fourth-order valence-electron chi connectivity index (χ4n) is 2.30. The van der Waals surface area contributed by atoms with Crippen molar-refractivity contribution >= 4 is 28.1 Å². The minimum absolute atomic E-state index is 0.249. The average Bonchev–Trinajstić information content (AvgIpc) is 3.24. The number of benzene rings is 1. The second-order valence-electron chi connectivity index (χ2n) is 5.87. The summed E-state index contributed by atoms with van der Waals surface area (Å²) in [6.45, 7) is 1.82. The van der Waals surface area contributed by atoms with Gasteiger partial charge in [-0.2, -0.15) is 18.3 Å². The van der Waals surface area contributed by atoms with Crippen LogP contribution < -0.4 is 10.6 Å². The standard InChI is InChI=1S/C17H16F3N5OS/c1-10(23-15(26)11-7-22-25(2)9-11)14-8-21-16(27-14)24-13-5-3-12(4-6-13)17(18,19)20/h3-10H,1-2H3,(H,21,24)(H,23,26). The van der Waals surface area contributed by atoms with Crippen LogP contribution in [0.5, 0.6) is 0 Å². The van der Waals surface area contributed by atoms with Crippen LogP contribution in [0.25, 0.3) is 0 Å². The molecule has 0 aliphatic rings. The van der Waals surface area contributed by atoms with E-state index in [2.05, 4.69) is 20.7 Å². The number of halogens is 3. The van der Waals surface area contributed by atoms with Gasteiger partial charge in [0.25, 0.3) is 5.91 Å². The van der Waals surface area contributed by atoms with Crippen molar-refractivity contribution in [2.45, 2.75) is 19.1 Å². The van der Waals surface area contributed by atoms with Crippen LogP contribution >= 0.6 is 11.3 Å². The highest BCUT2D eigenvalue weighted by molar-refractivity contribution is 7.15. The second-order valence-corrected chi connectivity index (χ2v) is 6.93. The summed E-state index contributed by atoms with van der Waals surface area (Å²) in [5.41, 5.74) is 0.243. The number of hydrogen-bond donors (Lipinski definition) is 2. The Hall–Kier alpha value is -2.88. The zero-order valence-electron chi connectivity index (χ0n) is 14.4. The van der Waals surface area contributed by atoms with Crippen LogP contribution in [-0.2, 0) is 13.2 Å². The molecule has 1 aromatic carbocycles. The molecule has 0 saturated carbocycles. The van der Waals surface area contributed by atoms with Crippen molar-refractivity contribution in [2.75, 3.05) is 5.32 Å². The number of nitrogens with zero attached hydrogens (tertiary/aromatic N) is 3. The Kier molecular flexibility index (Phi) is 5.17. The van der Waals surface area contributed by atoms with Gasteiger partial charge in [-0.15, -0.1) is 0 Å². The van der Waals surface area contributed by atoms with Gasteiger partial charge in [-0.05, 0) is 31.2 Å². The van der Waals surface area contributed by atoms with Gasteiger partial charge in [0.15, 0.2) is 5.13 Å². The van der Waals surface area contributed by atoms with E-state index in [1.54, 1.807) is 24.1 Å². The summed E-state index contributed by atoms with van der Waals surface area (Å²) >= 11 is 1.31. The number of carbonyl (C=O) groups is 1.